The summed E-state index contributed by atoms with van der Waals surface area (Å²) in [6, 6.07) is 12.2. The van der Waals surface area contributed by atoms with Crippen molar-refractivity contribution >= 4 is 21.6 Å². The zero-order valence-corrected chi connectivity index (χ0v) is 18.0. The van der Waals surface area contributed by atoms with Crippen LogP contribution in [-0.4, -0.2) is 53.0 Å². The Bertz CT molecular complexity index is 922. The van der Waals surface area contributed by atoms with Gasteiger partial charge in [0.1, 0.15) is 6.54 Å². The number of nitrogens with one attached hydrogen (secondary N) is 1. The Morgan fingerprint density at radius 1 is 0.964 bits per heavy atom. The van der Waals surface area contributed by atoms with E-state index in [1.807, 2.05) is 51.9 Å². The molecule has 0 heterocycles. The summed E-state index contributed by atoms with van der Waals surface area (Å²) in [5, 5.41) is 2.79. The largest absolute Gasteiger partial charge is 0.353 e. The Hall–Kier alpha value is -2.38. The van der Waals surface area contributed by atoms with E-state index in [0.29, 0.717) is 18.8 Å². The third-order valence-electron chi connectivity index (χ3n) is 4.40. The minimum atomic E-state index is -3.88. The number of carbonyl (C=O) groups excluding carboxylic acids is 1. The van der Waals surface area contributed by atoms with Crippen molar-refractivity contribution in [2.24, 2.45) is 0 Å². The van der Waals surface area contributed by atoms with Gasteiger partial charge >= 0.3 is 0 Å². The first-order chi connectivity index (χ1) is 13.1. The lowest BCUT2D eigenvalue weighted by Gasteiger charge is -2.26. The summed E-state index contributed by atoms with van der Waals surface area (Å²) < 4.78 is 27.9. The predicted molar refractivity (Wildman–Crippen MR) is 113 cm³/mol. The highest BCUT2D eigenvalue weighted by molar-refractivity contribution is 7.92. The first-order valence-corrected chi connectivity index (χ1v) is 10.6. The van der Waals surface area contributed by atoms with Crippen LogP contribution >= 0.6 is 0 Å². The maximum atomic E-state index is 13.3. The standard InChI is InChI=1S/C21H29N3O3S/c1-16-6-9-19(10-7-16)28(26,27)24(15-21(25)22-12-13-23(4)5)20-11-8-17(2)14-18(20)3/h6-11,14H,12-13,15H2,1-5H3,(H,22,25). The maximum absolute atomic E-state index is 13.3. The smallest absolute Gasteiger partial charge is 0.264 e. The van der Waals surface area contributed by atoms with E-state index in [0.717, 1.165) is 16.7 Å². The fraction of sp³-hybridized carbons (Fsp3) is 0.381. The van der Waals surface area contributed by atoms with Gasteiger partial charge in [-0.25, -0.2) is 8.42 Å². The van der Waals surface area contributed by atoms with E-state index in [4.69, 9.17) is 0 Å². The van der Waals surface area contributed by atoms with Crippen LogP contribution in [0.15, 0.2) is 47.4 Å². The molecule has 0 aliphatic heterocycles. The molecule has 2 rings (SSSR count). The van der Waals surface area contributed by atoms with Crippen LogP contribution in [0.4, 0.5) is 5.69 Å². The molecule has 0 unspecified atom stereocenters. The third kappa shape index (κ3) is 5.56. The van der Waals surface area contributed by atoms with Crippen molar-refractivity contribution in [3.63, 3.8) is 0 Å². The summed E-state index contributed by atoms with van der Waals surface area (Å²) in [6.07, 6.45) is 0. The number of anilines is 1. The second-order valence-corrected chi connectivity index (χ2v) is 9.13. The molecular weight excluding hydrogens is 374 g/mol. The van der Waals surface area contributed by atoms with E-state index in [-0.39, 0.29) is 17.3 Å². The van der Waals surface area contributed by atoms with Gasteiger partial charge in [0.2, 0.25) is 5.91 Å². The van der Waals surface area contributed by atoms with Crippen LogP contribution in [0.1, 0.15) is 16.7 Å². The predicted octanol–water partition coefficient (Wildman–Crippen LogP) is 2.48. The fourth-order valence-corrected chi connectivity index (χ4v) is 4.31. The van der Waals surface area contributed by atoms with E-state index in [1.165, 1.54) is 4.31 Å². The minimum Gasteiger partial charge on any atom is -0.353 e. The normalized spacial score (nSPS) is 11.5. The molecule has 0 spiro atoms. The molecule has 0 bridgehead atoms. The molecule has 6 nitrogen and oxygen atoms in total. The summed E-state index contributed by atoms with van der Waals surface area (Å²) in [6.45, 7) is 6.56. The van der Waals surface area contributed by atoms with Crippen molar-refractivity contribution < 1.29 is 13.2 Å². The molecule has 1 amide bonds. The lowest BCUT2D eigenvalue weighted by Crippen LogP contribution is -2.42. The van der Waals surface area contributed by atoms with Crippen molar-refractivity contribution in [3.8, 4) is 0 Å². The quantitative estimate of drug-likeness (QED) is 0.735. The van der Waals surface area contributed by atoms with Gasteiger partial charge < -0.3 is 10.2 Å². The maximum Gasteiger partial charge on any atom is 0.264 e. The minimum absolute atomic E-state index is 0.166. The number of benzene rings is 2. The molecule has 2 aromatic rings. The molecule has 0 aromatic heterocycles. The molecule has 0 saturated heterocycles. The van der Waals surface area contributed by atoms with Gasteiger partial charge in [-0.05, 0) is 58.6 Å². The lowest BCUT2D eigenvalue weighted by molar-refractivity contribution is -0.119. The Kier molecular flexibility index (Phi) is 7.21. The molecule has 152 valence electrons. The van der Waals surface area contributed by atoms with Crippen molar-refractivity contribution in [3.05, 3.63) is 59.2 Å². The Morgan fingerprint density at radius 2 is 1.57 bits per heavy atom. The van der Waals surface area contributed by atoms with Crippen LogP contribution in [-0.2, 0) is 14.8 Å². The zero-order chi connectivity index (χ0) is 20.9. The summed E-state index contributed by atoms with van der Waals surface area (Å²) >= 11 is 0. The third-order valence-corrected chi connectivity index (χ3v) is 6.17. The summed E-state index contributed by atoms with van der Waals surface area (Å²) in [5.41, 5.74) is 3.31. The Balaban J connectivity index is 2.38. The molecule has 0 aliphatic carbocycles. The number of sulfonamides is 1. The highest BCUT2D eigenvalue weighted by Crippen LogP contribution is 2.27. The second-order valence-electron chi connectivity index (χ2n) is 7.27. The van der Waals surface area contributed by atoms with Crippen LogP contribution in [0.25, 0.3) is 0 Å². The van der Waals surface area contributed by atoms with Gasteiger partial charge in [-0.2, -0.15) is 0 Å². The molecule has 0 radical (unpaired) electrons. The molecule has 2 aromatic carbocycles. The number of nitrogens with zero attached hydrogens (tertiary/aromatic N) is 2. The molecule has 7 heteroatoms. The first-order valence-electron chi connectivity index (χ1n) is 9.19. The number of amides is 1. The van der Waals surface area contributed by atoms with Gasteiger partial charge in [-0.3, -0.25) is 9.10 Å². The first kappa shape index (κ1) is 21.9. The zero-order valence-electron chi connectivity index (χ0n) is 17.2. The number of hydrogen-bond acceptors (Lipinski definition) is 4. The topological polar surface area (TPSA) is 69.7 Å². The van der Waals surface area contributed by atoms with Crippen LogP contribution in [0.3, 0.4) is 0 Å². The number of hydrogen-bond donors (Lipinski definition) is 1. The number of likely N-dealkylation sites (N-methyl/N-ethyl adjacent to an activating group) is 1. The lowest BCUT2D eigenvalue weighted by atomic mass is 10.1. The second kappa shape index (κ2) is 9.21. The summed E-state index contributed by atoms with van der Waals surface area (Å²) in [7, 11) is -0.0552. The van der Waals surface area contributed by atoms with Crippen molar-refractivity contribution in [1.29, 1.82) is 0 Å². The van der Waals surface area contributed by atoms with Crippen molar-refractivity contribution in [2.45, 2.75) is 25.7 Å². The molecule has 28 heavy (non-hydrogen) atoms. The van der Waals surface area contributed by atoms with Gasteiger partial charge in [0.25, 0.3) is 10.0 Å². The van der Waals surface area contributed by atoms with E-state index in [1.54, 1.807) is 30.3 Å². The SMILES string of the molecule is Cc1ccc(S(=O)(=O)N(CC(=O)NCCN(C)C)c2ccc(C)cc2C)cc1. The van der Waals surface area contributed by atoms with Crippen LogP contribution < -0.4 is 9.62 Å². The number of rotatable bonds is 8. The van der Waals surface area contributed by atoms with E-state index in [9.17, 15) is 13.2 Å². The Morgan fingerprint density at radius 3 is 2.14 bits per heavy atom. The van der Waals surface area contributed by atoms with Gasteiger partial charge in [0.15, 0.2) is 0 Å². The van der Waals surface area contributed by atoms with Gasteiger partial charge in [0.05, 0.1) is 10.6 Å². The highest BCUT2D eigenvalue weighted by Gasteiger charge is 2.28. The van der Waals surface area contributed by atoms with Crippen LogP contribution in [0, 0.1) is 20.8 Å². The van der Waals surface area contributed by atoms with Gasteiger partial charge in [0, 0.05) is 13.1 Å². The summed E-state index contributed by atoms with van der Waals surface area (Å²) in [5.74, 6) is -0.336. The molecule has 0 atom stereocenters. The van der Waals surface area contributed by atoms with E-state index in [2.05, 4.69) is 5.32 Å². The van der Waals surface area contributed by atoms with Crippen molar-refractivity contribution in [2.75, 3.05) is 38.0 Å². The van der Waals surface area contributed by atoms with E-state index >= 15 is 0 Å². The average molecular weight is 404 g/mol. The van der Waals surface area contributed by atoms with Gasteiger partial charge in [-0.1, -0.05) is 35.4 Å². The Labute approximate surface area is 168 Å². The molecule has 0 fully saturated rings. The average Bonchev–Trinajstić information content (AvgIpc) is 2.60. The van der Waals surface area contributed by atoms with Gasteiger partial charge in [-0.15, -0.1) is 0 Å². The van der Waals surface area contributed by atoms with E-state index < -0.39 is 10.0 Å². The number of carbonyl (C=O) groups is 1. The molecule has 1 N–H and O–H groups in total. The number of aryl methyl sites for hydroxylation is 3. The molecule has 0 saturated carbocycles. The molecule has 0 aliphatic rings. The highest BCUT2D eigenvalue weighted by atomic mass is 32.2. The fourth-order valence-electron chi connectivity index (χ4n) is 2.83. The van der Waals surface area contributed by atoms with Crippen LogP contribution in [0.2, 0.25) is 0 Å². The van der Waals surface area contributed by atoms with Crippen molar-refractivity contribution in [1.82, 2.24) is 10.2 Å². The van der Waals surface area contributed by atoms with Crippen LogP contribution in [0.5, 0.6) is 0 Å². The molecular formula is C21H29N3O3S. The monoisotopic (exact) mass is 403 g/mol. The summed E-state index contributed by atoms with van der Waals surface area (Å²) in [4.78, 5) is 14.6.